The number of rotatable bonds is 38. The Bertz CT molecular complexity index is 834. The molecular formula is C41H84N2O6P+. The van der Waals surface area contributed by atoms with E-state index in [0.717, 1.165) is 51.4 Å². The number of nitrogens with one attached hydrogen (secondary N) is 1. The molecule has 50 heavy (non-hydrogen) atoms. The van der Waals surface area contributed by atoms with Crippen LogP contribution < -0.4 is 5.32 Å². The molecule has 1 amide bonds. The average molecular weight is 732 g/mol. The van der Waals surface area contributed by atoms with Gasteiger partial charge in [0.1, 0.15) is 13.2 Å². The predicted octanol–water partition coefficient (Wildman–Crippen LogP) is 11.2. The molecule has 0 aromatic heterocycles. The lowest BCUT2D eigenvalue weighted by Gasteiger charge is -2.26. The van der Waals surface area contributed by atoms with Crippen molar-refractivity contribution in [2.45, 2.75) is 206 Å². The van der Waals surface area contributed by atoms with Gasteiger partial charge in [-0.3, -0.25) is 13.8 Å². The second-order valence-electron chi connectivity index (χ2n) is 15.7. The van der Waals surface area contributed by atoms with Crippen molar-refractivity contribution >= 4 is 13.7 Å². The van der Waals surface area contributed by atoms with E-state index in [4.69, 9.17) is 9.05 Å². The molecule has 3 N–H and O–H groups in total. The molecule has 9 heteroatoms. The number of hydrogen-bond acceptors (Lipinski definition) is 5. The van der Waals surface area contributed by atoms with E-state index < -0.39 is 20.0 Å². The first-order chi connectivity index (χ1) is 24.0. The number of phosphoric acid groups is 1. The Morgan fingerprint density at radius 2 is 1.08 bits per heavy atom. The Hall–Kier alpha value is -0.760. The van der Waals surface area contributed by atoms with Crippen molar-refractivity contribution in [3.05, 3.63) is 12.2 Å². The fraction of sp³-hybridized carbons (Fsp3) is 0.927. The number of likely N-dealkylation sites (N-methyl/N-ethyl adjacent to an activating group) is 1. The minimum absolute atomic E-state index is 0.0747. The van der Waals surface area contributed by atoms with Gasteiger partial charge in [-0.25, -0.2) is 4.57 Å². The molecule has 0 bridgehead atoms. The van der Waals surface area contributed by atoms with Crippen LogP contribution in [0.15, 0.2) is 12.2 Å². The average Bonchev–Trinajstić information content (AvgIpc) is 3.06. The number of amides is 1. The van der Waals surface area contributed by atoms with Gasteiger partial charge in [-0.05, 0) is 38.5 Å². The van der Waals surface area contributed by atoms with E-state index in [9.17, 15) is 19.4 Å². The van der Waals surface area contributed by atoms with Gasteiger partial charge >= 0.3 is 7.82 Å². The maximum Gasteiger partial charge on any atom is 0.472 e. The van der Waals surface area contributed by atoms with Crippen molar-refractivity contribution < 1.29 is 32.9 Å². The molecule has 0 aliphatic rings. The van der Waals surface area contributed by atoms with Gasteiger partial charge in [0, 0.05) is 6.42 Å². The molecule has 0 aromatic carbocycles. The van der Waals surface area contributed by atoms with Gasteiger partial charge in [-0.2, -0.15) is 0 Å². The number of unbranched alkanes of at least 4 members (excludes halogenated alkanes) is 23. The Morgan fingerprint density at radius 1 is 0.660 bits per heavy atom. The number of quaternary nitrogens is 1. The number of aliphatic hydroxyl groups is 1. The monoisotopic (exact) mass is 732 g/mol. The zero-order chi connectivity index (χ0) is 37.2. The minimum atomic E-state index is -4.31. The van der Waals surface area contributed by atoms with Gasteiger partial charge in [-0.15, -0.1) is 0 Å². The fourth-order valence-electron chi connectivity index (χ4n) is 6.10. The highest BCUT2D eigenvalue weighted by molar-refractivity contribution is 7.47. The number of hydrogen-bond donors (Lipinski definition) is 3. The summed E-state index contributed by atoms with van der Waals surface area (Å²) in [5.74, 6) is -0.154. The molecule has 0 fully saturated rings. The quantitative estimate of drug-likeness (QED) is 0.0253. The number of aliphatic hydroxyl groups excluding tert-OH is 1. The van der Waals surface area contributed by atoms with Crippen molar-refractivity contribution in [1.82, 2.24) is 5.32 Å². The van der Waals surface area contributed by atoms with Crippen LogP contribution in [-0.2, 0) is 18.4 Å². The Labute approximate surface area is 310 Å². The topological polar surface area (TPSA) is 105 Å². The highest BCUT2D eigenvalue weighted by Gasteiger charge is 2.28. The van der Waals surface area contributed by atoms with E-state index in [1.54, 1.807) is 0 Å². The van der Waals surface area contributed by atoms with Gasteiger partial charge in [-0.1, -0.05) is 161 Å². The lowest BCUT2D eigenvalue weighted by molar-refractivity contribution is -0.870. The van der Waals surface area contributed by atoms with Crippen LogP contribution in [0.3, 0.4) is 0 Å². The van der Waals surface area contributed by atoms with Crippen LogP contribution in [-0.4, -0.2) is 73.4 Å². The molecular weight excluding hydrogens is 647 g/mol. The summed E-state index contributed by atoms with van der Waals surface area (Å²) in [5.41, 5.74) is 0. The molecule has 0 aliphatic heterocycles. The molecule has 0 saturated heterocycles. The summed E-state index contributed by atoms with van der Waals surface area (Å²) in [4.78, 5) is 23.1. The van der Waals surface area contributed by atoms with Gasteiger partial charge in [0.2, 0.25) is 5.91 Å². The van der Waals surface area contributed by atoms with Crippen LogP contribution in [0.5, 0.6) is 0 Å². The first-order valence-electron chi connectivity index (χ1n) is 21.1. The first kappa shape index (κ1) is 49.2. The first-order valence-corrected chi connectivity index (χ1v) is 22.5. The van der Waals surface area contributed by atoms with Gasteiger partial charge in [0.25, 0.3) is 0 Å². The standard InChI is InChI=1S/C41H83N2O6P/c1-6-8-10-12-14-16-18-20-21-23-24-26-28-30-32-34-40(44)39(38-49-50(46,47)48-37-36-43(3,4)5)42-41(45)35-33-31-29-27-25-22-19-17-15-13-11-9-7-2/h17,19,39-40,44H,6-16,18,20-38H2,1-5H3,(H-,42,45,46,47)/p+1/b19-17+/t39-,40+/m0/s1. The molecule has 1 unspecified atom stereocenters. The smallest absolute Gasteiger partial charge is 0.391 e. The Kier molecular flexibility index (Phi) is 33.5. The number of carbonyl (C=O) groups excluding carboxylic acids is 1. The second-order valence-corrected chi connectivity index (χ2v) is 17.2. The molecule has 8 nitrogen and oxygen atoms in total. The summed E-state index contributed by atoms with van der Waals surface area (Å²) in [6.07, 6.45) is 36.5. The van der Waals surface area contributed by atoms with Crippen molar-refractivity contribution in [3.63, 3.8) is 0 Å². The third-order valence-electron chi connectivity index (χ3n) is 9.51. The van der Waals surface area contributed by atoms with Crippen LogP contribution in [0.1, 0.15) is 194 Å². The zero-order valence-corrected chi connectivity index (χ0v) is 34.5. The fourth-order valence-corrected chi connectivity index (χ4v) is 6.83. The van der Waals surface area contributed by atoms with Crippen molar-refractivity contribution in [2.24, 2.45) is 0 Å². The van der Waals surface area contributed by atoms with Crippen LogP contribution in [0, 0.1) is 0 Å². The van der Waals surface area contributed by atoms with E-state index in [1.165, 1.54) is 116 Å². The number of nitrogens with zero attached hydrogens (tertiary/aromatic N) is 1. The van der Waals surface area contributed by atoms with Gasteiger partial charge in [0.15, 0.2) is 0 Å². The molecule has 0 aliphatic carbocycles. The predicted molar refractivity (Wildman–Crippen MR) is 212 cm³/mol. The molecule has 3 atom stereocenters. The SMILES string of the molecule is CCCCCC/C=C/CCCCCCCC(=O)N[C@@H](COP(=O)(O)OCC[N+](C)(C)C)[C@H](O)CCCCCCCCCCCCCCCCC. The molecule has 298 valence electrons. The van der Waals surface area contributed by atoms with Crippen LogP contribution in [0.4, 0.5) is 0 Å². The van der Waals surface area contributed by atoms with E-state index in [-0.39, 0.29) is 19.1 Å². The maximum atomic E-state index is 12.8. The van der Waals surface area contributed by atoms with Gasteiger partial charge < -0.3 is 19.8 Å². The summed E-state index contributed by atoms with van der Waals surface area (Å²) in [7, 11) is 1.61. The lowest BCUT2D eigenvalue weighted by atomic mass is 10.0. The van der Waals surface area contributed by atoms with Crippen LogP contribution in [0.2, 0.25) is 0 Å². The van der Waals surface area contributed by atoms with E-state index in [0.29, 0.717) is 23.9 Å². The third-order valence-corrected chi connectivity index (χ3v) is 10.5. The van der Waals surface area contributed by atoms with Crippen LogP contribution in [0.25, 0.3) is 0 Å². The molecule has 0 heterocycles. The molecule has 0 spiro atoms. The highest BCUT2D eigenvalue weighted by Crippen LogP contribution is 2.43. The lowest BCUT2D eigenvalue weighted by Crippen LogP contribution is -2.46. The number of phosphoric ester groups is 1. The van der Waals surface area contributed by atoms with E-state index in [1.807, 2.05) is 21.1 Å². The van der Waals surface area contributed by atoms with Crippen molar-refractivity contribution in [1.29, 1.82) is 0 Å². The molecule has 0 aromatic rings. The highest BCUT2D eigenvalue weighted by atomic mass is 31.2. The summed E-state index contributed by atoms with van der Waals surface area (Å²) in [5, 5.41) is 13.9. The van der Waals surface area contributed by atoms with E-state index >= 15 is 0 Å². The second kappa shape index (κ2) is 34.0. The summed E-state index contributed by atoms with van der Waals surface area (Å²) in [6.45, 7) is 4.86. The van der Waals surface area contributed by atoms with Crippen LogP contribution >= 0.6 is 7.82 Å². The maximum absolute atomic E-state index is 12.8. The number of carbonyl (C=O) groups is 1. The number of allylic oxidation sites excluding steroid dienone is 2. The normalized spacial score (nSPS) is 14.6. The Balaban J connectivity index is 4.41. The Morgan fingerprint density at radius 3 is 1.56 bits per heavy atom. The van der Waals surface area contributed by atoms with Gasteiger partial charge in [0.05, 0.1) is 39.9 Å². The van der Waals surface area contributed by atoms with Crippen molar-refractivity contribution in [3.8, 4) is 0 Å². The largest absolute Gasteiger partial charge is 0.472 e. The molecule has 0 rings (SSSR count). The van der Waals surface area contributed by atoms with E-state index in [2.05, 4.69) is 31.3 Å². The summed E-state index contributed by atoms with van der Waals surface area (Å²) in [6, 6.07) is -0.759. The summed E-state index contributed by atoms with van der Waals surface area (Å²) < 4.78 is 23.6. The summed E-state index contributed by atoms with van der Waals surface area (Å²) >= 11 is 0. The van der Waals surface area contributed by atoms with Crippen molar-refractivity contribution in [2.75, 3.05) is 40.9 Å². The molecule has 0 saturated carbocycles. The third kappa shape index (κ3) is 35.6. The molecule has 0 radical (unpaired) electrons. The minimum Gasteiger partial charge on any atom is -0.391 e. The zero-order valence-electron chi connectivity index (χ0n) is 33.7.